The zero-order valence-corrected chi connectivity index (χ0v) is 15.3. The number of carboxylic acids is 1. The van der Waals surface area contributed by atoms with E-state index >= 15 is 0 Å². The van der Waals surface area contributed by atoms with Crippen LogP contribution in [0.3, 0.4) is 0 Å². The lowest BCUT2D eigenvalue weighted by Gasteiger charge is -2.23. The van der Waals surface area contributed by atoms with Gasteiger partial charge in [-0.1, -0.05) is 0 Å². The number of carbonyl (C=O) groups is 5. The van der Waals surface area contributed by atoms with Crippen LogP contribution in [0.1, 0.15) is 47.0 Å². The second-order valence-corrected chi connectivity index (χ2v) is 6.59. The van der Waals surface area contributed by atoms with Crippen molar-refractivity contribution < 1.29 is 29.1 Å². The zero-order chi connectivity index (χ0) is 19.8. The second-order valence-electron chi connectivity index (χ2n) is 6.59. The normalized spacial score (nSPS) is 19.4. The van der Waals surface area contributed by atoms with Crippen LogP contribution in [0, 0.1) is 0 Å². The number of unbranched alkanes of at least 4 members (excludes halogenated alkanes) is 1. The average Bonchev–Trinajstić information content (AvgIpc) is 2.89. The Morgan fingerprint density at radius 3 is 1.65 bits per heavy atom. The number of hydrogen-bond acceptors (Lipinski definition) is 5. The number of carboxylic acid groups (broad SMARTS) is 1. The molecule has 0 aromatic heterocycles. The maximum atomic E-state index is 12.2. The standard InChI is InChI=1S/C18H22N2O6/c1-9-10(2)15(22)19(14(9)21)8-6-5-7-13(18(25)26)20-16(23)11(3)12(4)17(20)24/h13H,5-8H2,1-4H3,(H,25,26). The molecule has 0 aromatic rings. The minimum Gasteiger partial charge on any atom is -0.480 e. The fraction of sp³-hybridized carbons (Fsp3) is 0.500. The van der Waals surface area contributed by atoms with E-state index in [2.05, 4.69) is 0 Å². The molecule has 8 nitrogen and oxygen atoms in total. The first kappa shape index (κ1) is 19.6. The van der Waals surface area contributed by atoms with Gasteiger partial charge in [0.25, 0.3) is 23.6 Å². The Morgan fingerprint density at radius 1 is 0.808 bits per heavy atom. The number of carbonyl (C=O) groups excluding carboxylic acids is 4. The molecule has 0 radical (unpaired) electrons. The minimum atomic E-state index is -1.26. The molecule has 0 spiro atoms. The summed E-state index contributed by atoms with van der Waals surface area (Å²) in [6, 6.07) is -1.26. The van der Waals surface area contributed by atoms with E-state index in [4.69, 9.17) is 0 Å². The Balaban J connectivity index is 1.94. The molecule has 2 aliphatic heterocycles. The molecule has 0 saturated carbocycles. The molecule has 1 unspecified atom stereocenters. The van der Waals surface area contributed by atoms with Crippen molar-refractivity contribution in [3.63, 3.8) is 0 Å². The Labute approximate surface area is 151 Å². The predicted molar refractivity (Wildman–Crippen MR) is 90.6 cm³/mol. The van der Waals surface area contributed by atoms with E-state index in [1.54, 1.807) is 13.8 Å². The number of hydrogen-bond donors (Lipinski definition) is 1. The summed E-state index contributed by atoms with van der Waals surface area (Å²) in [7, 11) is 0. The Hall–Kier alpha value is -2.77. The van der Waals surface area contributed by atoms with Crippen molar-refractivity contribution >= 4 is 29.6 Å². The molecular weight excluding hydrogens is 340 g/mol. The first-order chi connectivity index (χ1) is 12.1. The lowest BCUT2D eigenvalue weighted by Crippen LogP contribution is -2.45. The van der Waals surface area contributed by atoms with Gasteiger partial charge in [-0.3, -0.25) is 29.0 Å². The van der Waals surface area contributed by atoms with Crippen LogP contribution in [0.2, 0.25) is 0 Å². The fourth-order valence-electron chi connectivity index (χ4n) is 3.05. The summed E-state index contributed by atoms with van der Waals surface area (Å²) in [5.41, 5.74) is 1.35. The van der Waals surface area contributed by atoms with Crippen LogP contribution >= 0.6 is 0 Å². The molecule has 0 aromatic carbocycles. The molecule has 140 valence electrons. The number of rotatable bonds is 7. The Morgan fingerprint density at radius 2 is 1.23 bits per heavy atom. The molecule has 2 aliphatic rings. The van der Waals surface area contributed by atoms with Crippen molar-refractivity contribution in [3.8, 4) is 0 Å². The molecule has 4 amide bonds. The first-order valence-electron chi connectivity index (χ1n) is 8.41. The number of nitrogens with zero attached hydrogens (tertiary/aromatic N) is 2. The van der Waals surface area contributed by atoms with Gasteiger partial charge in [-0.25, -0.2) is 4.79 Å². The van der Waals surface area contributed by atoms with Crippen molar-refractivity contribution in [3.05, 3.63) is 22.3 Å². The van der Waals surface area contributed by atoms with Crippen molar-refractivity contribution in [2.24, 2.45) is 0 Å². The molecule has 0 aliphatic carbocycles. The van der Waals surface area contributed by atoms with Gasteiger partial charge < -0.3 is 5.11 Å². The van der Waals surface area contributed by atoms with Gasteiger partial charge in [-0.15, -0.1) is 0 Å². The van der Waals surface area contributed by atoms with Gasteiger partial charge in [0.15, 0.2) is 0 Å². The summed E-state index contributed by atoms with van der Waals surface area (Å²) in [4.78, 5) is 61.7. The van der Waals surface area contributed by atoms with Crippen LogP contribution in [0.5, 0.6) is 0 Å². The average molecular weight is 362 g/mol. The van der Waals surface area contributed by atoms with Crippen molar-refractivity contribution in [1.29, 1.82) is 0 Å². The molecule has 1 N–H and O–H groups in total. The van der Waals surface area contributed by atoms with Crippen LogP contribution in [0.25, 0.3) is 0 Å². The predicted octanol–water partition coefficient (Wildman–Crippen LogP) is 1.02. The van der Waals surface area contributed by atoms with Crippen LogP contribution in [-0.4, -0.2) is 57.1 Å². The van der Waals surface area contributed by atoms with Crippen LogP contribution in [-0.2, 0) is 24.0 Å². The van der Waals surface area contributed by atoms with Crippen molar-refractivity contribution in [2.45, 2.75) is 53.0 Å². The number of imide groups is 2. The summed E-state index contributed by atoms with van der Waals surface area (Å²) in [6.45, 7) is 6.36. The van der Waals surface area contributed by atoms with Gasteiger partial charge in [0.2, 0.25) is 0 Å². The molecule has 8 heteroatoms. The largest absolute Gasteiger partial charge is 0.480 e. The summed E-state index contributed by atoms with van der Waals surface area (Å²) < 4.78 is 0. The molecule has 0 saturated heterocycles. The van der Waals surface area contributed by atoms with Crippen molar-refractivity contribution in [2.75, 3.05) is 6.54 Å². The first-order valence-corrected chi connectivity index (χ1v) is 8.41. The summed E-state index contributed by atoms with van der Waals surface area (Å²) in [5, 5.41) is 9.42. The van der Waals surface area contributed by atoms with Gasteiger partial charge >= 0.3 is 5.97 Å². The van der Waals surface area contributed by atoms with E-state index in [-0.39, 0.29) is 35.9 Å². The van der Waals surface area contributed by atoms with Gasteiger partial charge in [0.1, 0.15) is 6.04 Å². The Kier molecular flexibility index (Phi) is 5.44. The molecule has 0 fully saturated rings. The van der Waals surface area contributed by atoms with E-state index in [0.717, 1.165) is 9.80 Å². The molecule has 26 heavy (non-hydrogen) atoms. The highest BCUT2D eigenvalue weighted by Crippen LogP contribution is 2.25. The molecule has 1 atom stereocenters. The van der Waals surface area contributed by atoms with E-state index in [0.29, 0.717) is 24.0 Å². The number of aliphatic carboxylic acids is 1. The maximum Gasteiger partial charge on any atom is 0.326 e. The van der Waals surface area contributed by atoms with E-state index in [9.17, 15) is 29.1 Å². The highest BCUT2D eigenvalue weighted by molar-refractivity contribution is 6.20. The highest BCUT2D eigenvalue weighted by atomic mass is 16.4. The van der Waals surface area contributed by atoms with E-state index < -0.39 is 23.8 Å². The van der Waals surface area contributed by atoms with Crippen LogP contribution in [0.15, 0.2) is 22.3 Å². The smallest absolute Gasteiger partial charge is 0.326 e. The third-order valence-electron chi connectivity index (χ3n) is 5.04. The fourth-order valence-corrected chi connectivity index (χ4v) is 3.05. The lowest BCUT2D eigenvalue weighted by atomic mass is 10.1. The summed E-state index contributed by atoms with van der Waals surface area (Å²) >= 11 is 0. The van der Waals surface area contributed by atoms with Crippen molar-refractivity contribution in [1.82, 2.24) is 9.80 Å². The van der Waals surface area contributed by atoms with Gasteiger partial charge in [0.05, 0.1) is 0 Å². The monoisotopic (exact) mass is 362 g/mol. The Bertz CT molecular complexity index is 729. The van der Waals surface area contributed by atoms with Gasteiger partial charge in [0, 0.05) is 28.8 Å². The topological polar surface area (TPSA) is 112 Å². The SMILES string of the molecule is CC1=C(C)C(=O)N(CCCCC(C(=O)O)N2C(=O)C(C)=C(C)C2=O)C1=O. The van der Waals surface area contributed by atoms with Crippen LogP contribution in [0.4, 0.5) is 0 Å². The lowest BCUT2D eigenvalue weighted by molar-refractivity contribution is -0.154. The second kappa shape index (κ2) is 7.23. The van der Waals surface area contributed by atoms with Crippen LogP contribution < -0.4 is 0 Å². The summed E-state index contributed by atoms with van der Waals surface area (Å²) in [6.07, 6.45) is 0.805. The molecule has 0 bridgehead atoms. The highest BCUT2D eigenvalue weighted by Gasteiger charge is 2.41. The van der Waals surface area contributed by atoms with Gasteiger partial charge in [-0.05, 0) is 47.0 Å². The van der Waals surface area contributed by atoms with E-state index in [1.807, 2.05) is 0 Å². The molecule has 2 heterocycles. The third kappa shape index (κ3) is 3.18. The minimum absolute atomic E-state index is 0.0645. The molecule has 2 rings (SSSR count). The summed E-state index contributed by atoms with van der Waals surface area (Å²) in [5.74, 6) is -3.08. The van der Waals surface area contributed by atoms with Gasteiger partial charge in [-0.2, -0.15) is 0 Å². The third-order valence-corrected chi connectivity index (χ3v) is 5.04. The maximum absolute atomic E-state index is 12.2. The molecular formula is C18H22N2O6. The quantitative estimate of drug-likeness (QED) is 0.534. The van der Waals surface area contributed by atoms with E-state index in [1.165, 1.54) is 13.8 Å². The number of amides is 4. The zero-order valence-electron chi connectivity index (χ0n) is 15.3.